The van der Waals surface area contributed by atoms with E-state index in [-0.39, 0.29) is 5.91 Å². The van der Waals surface area contributed by atoms with Gasteiger partial charge >= 0.3 is 0 Å². The summed E-state index contributed by atoms with van der Waals surface area (Å²) in [6.07, 6.45) is 2.31. The molecule has 106 valence electrons. The second kappa shape index (κ2) is 9.10. The van der Waals surface area contributed by atoms with Gasteiger partial charge < -0.3 is 10.2 Å². The lowest BCUT2D eigenvalue weighted by Gasteiger charge is -2.20. The second-order valence-electron chi connectivity index (χ2n) is 4.60. The van der Waals surface area contributed by atoms with Gasteiger partial charge in [0.25, 0.3) is 5.91 Å². The first kappa shape index (κ1) is 16.2. The van der Waals surface area contributed by atoms with Gasteiger partial charge in [0.15, 0.2) is 0 Å². The summed E-state index contributed by atoms with van der Waals surface area (Å²) in [4.78, 5) is 14.3. The van der Waals surface area contributed by atoms with E-state index in [2.05, 4.69) is 40.0 Å². The minimum atomic E-state index is 0.000414. The maximum Gasteiger partial charge on any atom is 0.251 e. The standard InChI is InChI=1S/C15H23BrN2O/c1-3-10-18(11-4-2)12-9-17-15(19)13-5-7-14(16)8-6-13/h5-8H,3-4,9-12H2,1-2H3,(H,17,19). The molecule has 0 heterocycles. The van der Waals surface area contributed by atoms with Gasteiger partial charge in [0, 0.05) is 23.1 Å². The highest BCUT2D eigenvalue weighted by atomic mass is 79.9. The van der Waals surface area contributed by atoms with E-state index in [0.29, 0.717) is 12.1 Å². The van der Waals surface area contributed by atoms with Crippen molar-refractivity contribution in [2.45, 2.75) is 26.7 Å². The highest BCUT2D eigenvalue weighted by molar-refractivity contribution is 9.10. The molecule has 19 heavy (non-hydrogen) atoms. The first-order valence-electron chi connectivity index (χ1n) is 6.93. The fraction of sp³-hybridized carbons (Fsp3) is 0.533. The normalized spacial score (nSPS) is 10.7. The van der Waals surface area contributed by atoms with Crippen LogP contribution in [-0.4, -0.2) is 37.0 Å². The summed E-state index contributed by atoms with van der Waals surface area (Å²) in [5.74, 6) is 0.000414. The Labute approximate surface area is 124 Å². The predicted octanol–water partition coefficient (Wildman–Crippen LogP) is 3.30. The van der Waals surface area contributed by atoms with Crippen LogP contribution in [0.1, 0.15) is 37.0 Å². The molecule has 4 heteroatoms. The largest absolute Gasteiger partial charge is 0.351 e. The average Bonchev–Trinajstić information content (AvgIpc) is 2.40. The van der Waals surface area contributed by atoms with Crippen LogP contribution in [0.4, 0.5) is 0 Å². The fourth-order valence-corrected chi connectivity index (χ4v) is 2.26. The SMILES string of the molecule is CCCN(CCC)CCNC(=O)c1ccc(Br)cc1. The highest BCUT2D eigenvalue weighted by Gasteiger charge is 2.06. The molecule has 0 fully saturated rings. The highest BCUT2D eigenvalue weighted by Crippen LogP contribution is 2.10. The molecule has 1 aromatic carbocycles. The molecule has 0 aliphatic heterocycles. The Morgan fingerprint density at radius 3 is 2.21 bits per heavy atom. The van der Waals surface area contributed by atoms with Crippen LogP contribution in [0.15, 0.2) is 28.7 Å². The monoisotopic (exact) mass is 326 g/mol. The molecule has 0 aliphatic rings. The van der Waals surface area contributed by atoms with E-state index >= 15 is 0 Å². The number of amides is 1. The van der Waals surface area contributed by atoms with Crippen molar-refractivity contribution in [3.05, 3.63) is 34.3 Å². The van der Waals surface area contributed by atoms with Gasteiger partial charge in [0.2, 0.25) is 0 Å². The topological polar surface area (TPSA) is 32.3 Å². The quantitative estimate of drug-likeness (QED) is 0.794. The van der Waals surface area contributed by atoms with Gasteiger partial charge in [-0.2, -0.15) is 0 Å². The summed E-state index contributed by atoms with van der Waals surface area (Å²) in [5.41, 5.74) is 0.709. The molecule has 1 aromatic rings. The van der Waals surface area contributed by atoms with Crippen molar-refractivity contribution in [1.82, 2.24) is 10.2 Å². The molecule has 0 atom stereocenters. The van der Waals surface area contributed by atoms with Gasteiger partial charge in [-0.3, -0.25) is 4.79 Å². The Morgan fingerprint density at radius 2 is 1.68 bits per heavy atom. The van der Waals surface area contributed by atoms with Crippen LogP contribution in [0.25, 0.3) is 0 Å². The lowest BCUT2D eigenvalue weighted by Crippen LogP contribution is -2.35. The summed E-state index contributed by atoms with van der Waals surface area (Å²) in [5, 5.41) is 2.97. The third-order valence-electron chi connectivity index (χ3n) is 2.90. The van der Waals surface area contributed by atoms with Crippen LogP contribution in [0.2, 0.25) is 0 Å². The number of nitrogens with zero attached hydrogens (tertiary/aromatic N) is 1. The Balaban J connectivity index is 2.35. The van der Waals surface area contributed by atoms with Gasteiger partial charge in [-0.1, -0.05) is 29.8 Å². The maximum absolute atomic E-state index is 11.9. The number of carbonyl (C=O) groups excluding carboxylic acids is 1. The molecule has 0 saturated heterocycles. The van der Waals surface area contributed by atoms with Crippen LogP contribution in [-0.2, 0) is 0 Å². The second-order valence-corrected chi connectivity index (χ2v) is 5.52. The van der Waals surface area contributed by atoms with Crippen molar-refractivity contribution in [3.8, 4) is 0 Å². The number of rotatable bonds is 8. The fourth-order valence-electron chi connectivity index (χ4n) is 2.00. The zero-order valence-electron chi connectivity index (χ0n) is 11.8. The van der Waals surface area contributed by atoms with Crippen LogP contribution in [0.3, 0.4) is 0 Å². The maximum atomic E-state index is 11.9. The summed E-state index contributed by atoms with van der Waals surface area (Å²) in [6.45, 7) is 8.19. The molecular formula is C15H23BrN2O. The molecule has 0 bridgehead atoms. The molecule has 0 saturated carbocycles. The zero-order valence-corrected chi connectivity index (χ0v) is 13.4. The van der Waals surface area contributed by atoms with E-state index in [1.54, 1.807) is 0 Å². The number of hydrogen-bond donors (Lipinski definition) is 1. The number of hydrogen-bond acceptors (Lipinski definition) is 2. The van der Waals surface area contributed by atoms with Crippen molar-refractivity contribution >= 4 is 21.8 Å². The summed E-state index contributed by atoms with van der Waals surface area (Å²) in [6, 6.07) is 7.43. The van der Waals surface area contributed by atoms with E-state index in [1.807, 2.05) is 24.3 Å². The molecule has 1 rings (SSSR count). The van der Waals surface area contributed by atoms with Crippen molar-refractivity contribution in [1.29, 1.82) is 0 Å². The predicted molar refractivity (Wildman–Crippen MR) is 83.5 cm³/mol. The molecule has 3 nitrogen and oxygen atoms in total. The van der Waals surface area contributed by atoms with E-state index < -0.39 is 0 Å². The third-order valence-corrected chi connectivity index (χ3v) is 3.43. The van der Waals surface area contributed by atoms with Crippen LogP contribution in [0, 0.1) is 0 Å². The summed E-state index contributed by atoms with van der Waals surface area (Å²) >= 11 is 3.36. The smallest absolute Gasteiger partial charge is 0.251 e. The lowest BCUT2D eigenvalue weighted by molar-refractivity contribution is 0.0948. The number of benzene rings is 1. The molecule has 1 amide bonds. The molecule has 1 N–H and O–H groups in total. The molecular weight excluding hydrogens is 304 g/mol. The first-order chi connectivity index (χ1) is 9.17. The minimum Gasteiger partial charge on any atom is -0.351 e. The average molecular weight is 327 g/mol. The minimum absolute atomic E-state index is 0.000414. The van der Waals surface area contributed by atoms with Crippen molar-refractivity contribution in [2.24, 2.45) is 0 Å². The Hall–Kier alpha value is -0.870. The molecule has 0 aliphatic carbocycles. The summed E-state index contributed by atoms with van der Waals surface area (Å²) < 4.78 is 0.987. The van der Waals surface area contributed by atoms with Crippen molar-refractivity contribution in [2.75, 3.05) is 26.2 Å². The Bertz CT molecular complexity index is 372. The molecule has 0 spiro atoms. The lowest BCUT2D eigenvalue weighted by atomic mass is 10.2. The molecule has 0 radical (unpaired) electrons. The Kier molecular flexibility index (Phi) is 7.75. The summed E-state index contributed by atoms with van der Waals surface area (Å²) in [7, 11) is 0. The first-order valence-corrected chi connectivity index (χ1v) is 7.72. The van der Waals surface area contributed by atoms with Gasteiger partial charge in [0.1, 0.15) is 0 Å². The molecule has 0 unspecified atom stereocenters. The van der Waals surface area contributed by atoms with E-state index in [0.717, 1.165) is 36.9 Å². The van der Waals surface area contributed by atoms with Crippen molar-refractivity contribution < 1.29 is 4.79 Å². The van der Waals surface area contributed by atoms with Gasteiger partial charge in [-0.15, -0.1) is 0 Å². The number of nitrogens with one attached hydrogen (secondary N) is 1. The van der Waals surface area contributed by atoms with Crippen LogP contribution in [0.5, 0.6) is 0 Å². The zero-order chi connectivity index (χ0) is 14.1. The van der Waals surface area contributed by atoms with Gasteiger partial charge in [-0.25, -0.2) is 0 Å². The van der Waals surface area contributed by atoms with E-state index in [1.165, 1.54) is 0 Å². The van der Waals surface area contributed by atoms with Crippen LogP contribution >= 0.6 is 15.9 Å². The van der Waals surface area contributed by atoms with Crippen molar-refractivity contribution in [3.63, 3.8) is 0 Å². The van der Waals surface area contributed by atoms with Gasteiger partial charge in [-0.05, 0) is 50.2 Å². The van der Waals surface area contributed by atoms with E-state index in [4.69, 9.17) is 0 Å². The Morgan fingerprint density at radius 1 is 1.11 bits per heavy atom. The van der Waals surface area contributed by atoms with Gasteiger partial charge in [0.05, 0.1) is 0 Å². The number of halogens is 1. The number of carbonyl (C=O) groups is 1. The van der Waals surface area contributed by atoms with Crippen LogP contribution < -0.4 is 5.32 Å². The third kappa shape index (κ3) is 6.21. The molecule has 0 aromatic heterocycles. The van der Waals surface area contributed by atoms with E-state index in [9.17, 15) is 4.79 Å².